The summed E-state index contributed by atoms with van der Waals surface area (Å²) in [5.41, 5.74) is 2.60. The van der Waals surface area contributed by atoms with E-state index in [9.17, 15) is 0 Å². The zero-order chi connectivity index (χ0) is 10.7. The van der Waals surface area contributed by atoms with Crippen LogP contribution >= 0.6 is 0 Å². The maximum absolute atomic E-state index is 4.72. The fourth-order valence-electron chi connectivity index (χ4n) is 1.83. The Kier molecular flexibility index (Phi) is 3.67. The molecule has 0 amide bonds. The van der Waals surface area contributed by atoms with Crippen molar-refractivity contribution in [3.05, 3.63) is 30.1 Å². The first kappa shape index (κ1) is 11.0. The summed E-state index contributed by atoms with van der Waals surface area (Å²) in [5, 5.41) is 0. The van der Waals surface area contributed by atoms with Gasteiger partial charge in [-0.2, -0.15) is 0 Å². The summed E-state index contributed by atoms with van der Waals surface area (Å²) >= 11 is -0.422. The minimum atomic E-state index is -0.422. The van der Waals surface area contributed by atoms with Crippen LogP contribution in [0.15, 0.2) is 24.4 Å². The maximum atomic E-state index is 4.72. The molecule has 15 heavy (non-hydrogen) atoms. The summed E-state index contributed by atoms with van der Waals surface area (Å²) in [7, 11) is 0. The Hall–Kier alpha value is -0.511. The van der Waals surface area contributed by atoms with E-state index >= 15 is 0 Å². The van der Waals surface area contributed by atoms with Gasteiger partial charge in [0.25, 0.3) is 0 Å². The Bertz CT molecular complexity index is 448. The van der Waals surface area contributed by atoms with E-state index in [1.807, 2.05) is 0 Å². The van der Waals surface area contributed by atoms with Crippen LogP contribution in [0.3, 0.4) is 0 Å². The van der Waals surface area contributed by atoms with Crippen LogP contribution in [0.1, 0.15) is 25.5 Å². The third-order valence-electron chi connectivity index (χ3n) is 2.63. The summed E-state index contributed by atoms with van der Waals surface area (Å²) in [6, 6.07) is 6.26. The van der Waals surface area contributed by atoms with Gasteiger partial charge < -0.3 is 0 Å². The third kappa shape index (κ3) is 2.19. The number of aromatic nitrogens is 2. The molecule has 0 aromatic carbocycles. The van der Waals surface area contributed by atoms with Crippen LogP contribution in [-0.2, 0) is 6.42 Å². The zero-order valence-electron chi connectivity index (χ0n) is 9.33. The molecule has 2 aromatic heterocycles. The normalized spacial score (nSPS) is 11.1. The standard InChI is InChI=1S/C11H13N2.CH3.Sn/c1-2-3-6-10-9-12-11-7-4-5-8-13(10)11;;/h4-5,7-8H,2-3,6H2,1H3;1H3;. The molecule has 0 N–H and O–H groups in total. The molecule has 2 rings (SSSR count). The van der Waals surface area contributed by atoms with Crippen LogP contribution in [0.4, 0.5) is 0 Å². The summed E-state index contributed by atoms with van der Waals surface area (Å²) in [4.78, 5) is 7.07. The molecule has 0 spiro atoms. The van der Waals surface area contributed by atoms with E-state index in [0.29, 0.717) is 0 Å². The molecule has 0 bridgehead atoms. The molecule has 0 atom stereocenters. The van der Waals surface area contributed by atoms with Crippen molar-refractivity contribution in [2.24, 2.45) is 0 Å². The van der Waals surface area contributed by atoms with Crippen molar-refractivity contribution in [3.8, 4) is 0 Å². The van der Waals surface area contributed by atoms with Crippen LogP contribution in [0.2, 0.25) is 4.94 Å². The monoisotopic (exact) mass is 308 g/mol. The predicted molar refractivity (Wildman–Crippen MR) is 65.1 cm³/mol. The number of imidazole rings is 1. The Morgan fingerprint density at radius 1 is 1.40 bits per heavy atom. The molecular weight excluding hydrogens is 291 g/mol. The number of fused-ring (bicyclic) bond motifs is 1. The molecule has 0 saturated carbocycles. The average molecular weight is 307 g/mol. The zero-order valence-corrected chi connectivity index (χ0v) is 12.2. The van der Waals surface area contributed by atoms with Crippen LogP contribution in [-0.4, -0.2) is 30.5 Å². The average Bonchev–Trinajstić information content (AvgIpc) is 2.64. The van der Waals surface area contributed by atoms with Crippen molar-refractivity contribution >= 4 is 30.5 Å². The number of pyridine rings is 1. The topological polar surface area (TPSA) is 17.3 Å². The predicted octanol–water partition coefficient (Wildman–Crippen LogP) is 2.05. The van der Waals surface area contributed by atoms with Crippen LogP contribution < -0.4 is 3.71 Å². The Morgan fingerprint density at radius 3 is 3.00 bits per heavy atom. The van der Waals surface area contributed by atoms with Gasteiger partial charge in [-0.1, -0.05) is 0 Å². The van der Waals surface area contributed by atoms with Crippen molar-refractivity contribution in [3.63, 3.8) is 0 Å². The van der Waals surface area contributed by atoms with Gasteiger partial charge in [0, 0.05) is 0 Å². The summed E-state index contributed by atoms with van der Waals surface area (Å²) < 4.78 is 3.70. The first-order chi connectivity index (χ1) is 7.36. The number of nitrogens with zero attached hydrogens (tertiary/aromatic N) is 2. The first-order valence-corrected chi connectivity index (χ1v) is 9.78. The first-order valence-electron chi connectivity index (χ1n) is 5.50. The van der Waals surface area contributed by atoms with Gasteiger partial charge in [-0.25, -0.2) is 0 Å². The van der Waals surface area contributed by atoms with Gasteiger partial charge in [0.1, 0.15) is 0 Å². The number of rotatable bonds is 4. The molecule has 0 fully saturated rings. The second kappa shape index (κ2) is 5.01. The van der Waals surface area contributed by atoms with Crippen molar-refractivity contribution < 1.29 is 0 Å². The van der Waals surface area contributed by atoms with Crippen molar-refractivity contribution in [2.75, 3.05) is 0 Å². The van der Waals surface area contributed by atoms with Crippen LogP contribution in [0.25, 0.3) is 5.65 Å². The van der Waals surface area contributed by atoms with Crippen molar-refractivity contribution in [1.29, 1.82) is 0 Å². The molecule has 0 aliphatic heterocycles. The van der Waals surface area contributed by atoms with E-state index in [0.717, 1.165) is 5.65 Å². The molecule has 2 nitrogen and oxygen atoms in total. The molecule has 0 aliphatic rings. The Balaban J connectivity index is 2.47. The van der Waals surface area contributed by atoms with E-state index in [1.165, 1.54) is 28.7 Å². The second-order valence-electron chi connectivity index (χ2n) is 3.69. The summed E-state index contributed by atoms with van der Waals surface area (Å²) in [6.07, 6.45) is 5.86. The van der Waals surface area contributed by atoms with Gasteiger partial charge in [0.15, 0.2) is 0 Å². The molecular formula is C12H16N2Sn. The fraction of sp³-hybridized carbons (Fsp3) is 0.417. The van der Waals surface area contributed by atoms with E-state index in [4.69, 9.17) is 4.98 Å². The van der Waals surface area contributed by atoms with Crippen LogP contribution in [0, 0.1) is 0 Å². The molecule has 0 aliphatic carbocycles. The fourth-order valence-corrected chi connectivity index (χ4v) is 4.00. The Morgan fingerprint density at radius 2 is 2.27 bits per heavy atom. The third-order valence-corrected chi connectivity index (χ3v) is 5.13. The molecule has 2 aromatic rings. The van der Waals surface area contributed by atoms with Crippen molar-refractivity contribution in [1.82, 2.24) is 9.38 Å². The number of hydrogen-bond donors (Lipinski definition) is 0. The van der Waals surface area contributed by atoms with E-state index in [1.54, 1.807) is 0 Å². The van der Waals surface area contributed by atoms with Gasteiger partial charge >= 0.3 is 101 Å². The molecule has 2 heterocycles. The van der Waals surface area contributed by atoms with E-state index in [2.05, 4.69) is 40.7 Å². The molecule has 78 valence electrons. The van der Waals surface area contributed by atoms with E-state index < -0.39 is 21.1 Å². The van der Waals surface area contributed by atoms with Gasteiger partial charge in [-0.3, -0.25) is 0 Å². The van der Waals surface area contributed by atoms with Crippen LogP contribution in [0.5, 0.6) is 0 Å². The number of hydrogen-bond acceptors (Lipinski definition) is 1. The van der Waals surface area contributed by atoms with E-state index in [-0.39, 0.29) is 0 Å². The van der Waals surface area contributed by atoms with Crippen molar-refractivity contribution in [2.45, 2.75) is 31.1 Å². The molecule has 0 saturated heterocycles. The van der Waals surface area contributed by atoms with Gasteiger partial charge in [-0.05, 0) is 0 Å². The van der Waals surface area contributed by atoms with Gasteiger partial charge in [0.2, 0.25) is 0 Å². The SMILES string of the molecule is CCCCc1[c]([Sn][CH3])nc2ccccn12. The summed E-state index contributed by atoms with van der Waals surface area (Å²) in [6.45, 7) is 2.24. The number of unbranched alkanes of at least 4 members (excludes halogenated alkanes) is 1. The van der Waals surface area contributed by atoms with Gasteiger partial charge in [-0.15, -0.1) is 0 Å². The second-order valence-corrected chi connectivity index (χ2v) is 6.47. The quantitative estimate of drug-likeness (QED) is 0.790. The molecule has 0 unspecified atom stereocenters. The Labute approximate surface area is 101 Å². The van der Waals surface area contributed by atoms with Gasteiger partial charge in [0.05, 0.1) is 0 Å². The summed E-state index contributed by atoms with van der Waals surface area (Å²) in [5.74, 6) is 0. The number of aryl methyl sites for hydroxylation is 1. The molecule has 3 heteroatoms. The minimum absolute atomic E-state index is 0.422. The molecule has 2 radical (unpaired) electrons.